The summed E-state index contributed by atoms with van der Waals surface area (Å²) in [6.07, 6.45) is 20.8. The number of carboxylic acids is 14. The van der Waals surface area contributed by atoms with Gasteiger partial charge in [0.2, 0.25) is 0 Å². The molecule has 13 fully saturated rings. The van der Waals surface area contributed by atoms with Gasteiger partial charge in [0.1, 0.15) is 0 Å². The number of rotatable bonds is 22. The number of nitrogens with two attached hydrogens (primary N) is 4. The maximum absolute atomic E-state index is 10.5. The minimum Gasteiger partial charge on any atom is -0.693 e. The first kappa shape index (κ1) is 160. The average Bonchev–Trinajstić information content (AvgIpc) is 1.31. The van der Waals surface area contributed by atoms with E-state index >= 15 is 0 Å². The van der Waals surface area contributed by atoms with Crippen LogP contribution in [0.15, 0.2) is 0 Å². The summed E-state index contributed by atoms with van der Waals surface area (Å²) >= 11 is 0. The first-order valence-corrected chi connectivity index (χ1v) is 45.0. The molecular weight excluding hydrogens is 3130 g/mol. The van der Waals surface area contributed by atoms with E-state index in [0.717, 1.165) is 32.1 Å². The van der Waals surface area contributed by atoms with Crippen LogP contribution in [-0.2, 0) is 234 Å². The van der Waals surface area contributed by atoms with Crippen molar-refractivity contribution in [1.82, 2.24) is 0 Å². The smallest absolute Gasteiger partial charge is 0.693 e. The van der Waals surface area contributed by atoms with Crippen LogP contribution in [0.25, 0.3) is 76.2 Å². The van der Waals surface area contributed by atoms with Crippen LogP contribution in [0.3, 0.4) is 0 Å². The van der Waals surface area contributed by atoms with Crippen molar-refractivity contribution >= 4 is 83.6 Å². The predicted molar refractivity (Wildman–Crippen MR) is 495 cm³/mol. The molecule has 0 bridgehead atoms. The van der Waals surface area contributed by atoms with Crippen LogP contribution in [0.1, 0.15) is 262 Å². The largest absolute Gasteiger partial charge is 2.00 e. The summed E-state index contributed by atoms with van der Waals surface area (Å²) in [5, 5.41) is 120. The van der Waals surface area contributed by atoms with Crippen LogP contribution >= 0.6 is 0 Å². The molecule has 31 N–H and O–H groups in total. The quantitative estimate of drug-likeness (QED) is 0.0354. The molecule has 2 unspecified atom stereocenters. The van der Waals surface area contributed by atoms with E-state index in [1.807, 2.05) is 76.2 Å². The van der Waals surface area contributed by atoms with Gasteiger partial charge in [0.25, 0.3) is 0 Å². The van der Waals surface area contributed by atoms with Crippen LogP contribution in [-0.4, -0.2) is 249 Å². The van der Waals surface area contributed by atoms with Gasteiger partial charge in [-0.1, -0.05) is 184 Å². The van der Waals surface area contributed by atoms with E-state index in [1.165, 1.54) is 64.2 Å². The molecule has 2 heterocycles. The summed E-state index contributed by atoms with van der Waals surface area (Å²) in [6.45, 7) is 26.7. The Balaban J connectivity index is -0.000000144. The molecule has 52 heteroatoms. The van der Waals surface area contributed by atoms with Gasteiger partial charge in [0.05, 0.1) is 24.4 Å². The normalized spacial score (nSPS) is 24.2. The Kier molecular flexibility index (Phi) is 85.8. The second-order valence-corrected chi connectivity index (χ2v) is 38.7. The molecule has 0 aromatic rings. The van der Waals surface area contributed by atoms with E-state index in [0.29, 0.717) is 48.7 Å². The van der Waals surface area contributed by atoms with Crippen molar-refractivity contribution in [2.24, 2.45) is 109 Å². The number of carbonyl (C=O) groups is 14. The number of nitrogens with one attached hydrogen (secondary N) is 9. The third-order valence-corrected chi connectivity index (χ3v) is 26.4. The summed E-state index contributed by atoms with van der Waals surface area (Å²) in [5.74, 6) is -13.1. The van der Waals surface area contributed by atoms with Crippen molar-refractivity contribution in [1.29, 1.82) is 0 Å². The molecular formula is C89H157N13O32Pt7. The second-order valence-electron chi connectivity index (χ2n) is 38.7. The second kappa shape index (κ2) is 75.4. The molecule has 11 aliphatic carbocycles. The van der Waals surface area contributed by atoms with E-state index in [4.69, 9.17) is 142 Å². The van der Waals surface area contributed by atoms with Crippen molar-refractivity contribution in [2.45, 2.75) is 317 Å². The zero-order valence-corrected chi connectivity index (χ0v) is 97.6. The topological polar surface area (TPSA) is 907 Å². The van der Waals surface area contributed by atoms with Gasteiger partial charge < -0.3 is 174 Å². The Bertz CT molecular complexity index is 3000. The van der Waals surface area contributed by atoms with E-state index in [2.05, 4.69) is 6.92 Å². The molecule has 0 radical (unpaired) electrons. The summed E-state index contributed by atoms with van der Waals surface area (Å²) in [7, 11) is 0. The Hall–Kier alpha value is -3.28. The van der Waals surface area contributed by atoms with E-state index in [9.17, 15) is 67.1 Å². The maximum Gasteiger partial charge on any atom is 2.00 e. The molecule has 141 heavy (non-hydrogen) atoms. The molecule has 840 valence electrons. The van der Waals surface area contributed by atoms with Crippen molar-refractivity contribution in [2.75, 3.05) is 39.3 Å². The summed E-state index contributed by atoms with van der Waals surface area (Å²) in [4.78, 5) is 147. The Morgan fingerprint density at radius 1 is 0.255 bits per heavy atom. The van der Waals surface area contributed by atoms with Gasteiger partial charge in [-0.3, -0.25) is 67.1 Å². The molecule has 0 aromatic heterocycles. The van der Waals surface area contributed by atoms with E-state index in [1.54, 1.807) is 0 Å². The predicted octanol–water partition coefficient (Wildman–Crippen LogP) is 19.5. The fourth-order valence-electron chi connectivity index (χ4n) is 17.9. The van der Waals surface area contributed by atoms with Gasteiger partial charge in [0.15, 0.2) is 50.5 Å². The number of hydrogen-bond donors (Lipinski definition) is 14. The Morgan fingerprint density at radius 3 is 0.468 bits per heavy atom. The fraction of sp³-hybridized carbons (Fsp3) is 0.831. The minimum absolute atomic E-state index is 0. The standard InChI is InChI=1S/2C8H16N2O2.C7H13N.7C7H10O4.C6H12N2.C6H12N.C5H10N.4H2N.7Pt/c2*1-5(2)8-11-6(3-9)7(4-10)12-8;1-6-4-2-3-5-7(6)8;7*1-4-2-7(3-4,5(8)9)6(10)11;7-3-5-1-2-6(5)4-8;7-6-4-2-1-3-5-6;6-5-3-1-2-4-5;;;;;;;;;;;/h2*5-10H,3-4H2,1-2H3;6-8H,1-5H2;7*4H,2-3H2,1H3,(H,8,9)(H,10,11);5-8H,1-4H2;6-7H,1-5H2;5-6H,1-4H2;4*1H2;;;;;;;/q3*-2;;;;;;;;-2;6*-1;7*+2/t3*6-,7-;;;;;;;;;;;;;;;;;;;;;/m101...................../s1. The summed E-state index contributed by atoms with van der Waals surface area (Å²) in [5.41, 5.74) is 54.2. The minimum atomic E-state index is -1.47. The molecule has 13 rings (SSSR count). The van der Waals surface area contributed by atoms with E-state index < -0.39 is 121 Å². The number of hydrogen-bond acceptors (Lipinski definition) is 18. The molecule has 0 spiro atoms. The Morgan fingerprint density at radius 2 is 0.397 bits per heavy atom. The zero-order valence-electron chi connectivity index (χ0n) is 81.7. The van der Waals surface area contributed by atoms with Crippen LogP contribution in [0, 0.1) is 116 Å². The summed E-state index contributed by atoms with van der Waals surface area (Å²) < 4.78 is 21.8. The fourth-order valence-corrected chi connectivity index (χ4v) is 17.9. The third kappa shape index (κ3) is 47.0. The SMILES string of the molecule is CC(C)C1O[C@@H](C[NH-])[C@H](C[NH-])O1.CC(C)C1O[C@H](C[NH-])[C@@H](C[NH-])O1.CC1CC(C(=O)O)(C(=O)O)C1.CC1CC(C(=O)O)(C(=O)O)C1.CC1CC(C(=O)O)(C(=O)O)C1.CC1CC(C(=O)O)(C(=O)O)C1.CC1CC(C(=O)O)(C(=O)O)C1.CC1CC(C(=O)O)(C(=O)O)C1.CC1CC(C(=O)O)(C(=O)O)C1.[CH2-][C@@H]1CCCC[C@H]1[NH-].[NH-]C1CCCC1.[NH-]C1CCCCC1.[NH-]CC1CCC1C[NH-].[NH2-].[NH2-].[NH2-].[NH2-].[Pt+2].[Pt+2].[Pt+2].[Pt+2].[Pt+2].[Pt+2].[Pt+2]. The molecule has 2 aliphatic heterocycles. The van der Waals surface area contributed by atoms with Gasteiger partial charge in [-0.15, -0.1) is 51.4 Å². The van der Waals surface area contributed by atoms with Crippen molar-refractivity contribution < 1.29 is 305 Å². The van der Waals surface area contributed by atoms with Crippen molar-refractivity contribution in [3.63, 3.8) is 0 Å². The molecule has 13 aliphatic rings. The van der Waals surface area contributed by atoms with Crippen molar-refractivity contribution in [3.8, 4) is 0 Å². The van der Waals surface area contributed by atoms with Crippen molar-refractivity contribution in [3.05, 3.63) is 83.1 Å². The first-order valence-electron chi connectivity index (χ1n) is 45.0. The van der Waals surface area contributed by atoms with Gasteiger partial charge >= 0.3 is 231 Å². The van der Waals surface area contributed by atoms with Crippen LogP contribution in [0.4, 0.5) is 0 Å². The first-order chi connectivity index (χ1) is 60.3. The summed E-state index contributed by atoms with van der Waals surface area (Å²) in [6, 6.07) is 0.725. The molecule has 8 atom stereocenters. The van der Waals surface area contributed by atoms with Gasteiger partial charge in [-0.05, 0) is 131 Å². The van der Waals surface area contributed by atoms with Gasteiger partial charge in [-0.2, -0.15) is 12.0 Å². The third-order valence-electron chi connectivity index (χ3n) is 26.4. The monoisotopic (exact) mass is 3280 g/mol. The maximum atomic E-state index is 10.5. The number of carboxylic acid groups (broad SMARTS) is 14. The zero-order chi connectivity index (χ0) is 100. The number of aliphatic carboxylic acids is 14. The van der Waals surface area contributed by atoms with Gasteiger partial charge in [-0.25, -0.2) is 0 Å². The Labute approximate surface area is 929 Å². The molecule has 0 amide bonds. The number of ether oxygens (including phenoxy) is 4. The van der Waals surface area contributed by atoms with Crippen LogP contribution in [0.5, 0.6) is 0 Å². The van der Waals surface area contributed by atoms with Gasteiger partial charge in [0, 0.05) is 11.8 Å². The molecule has 45 nitrogen and oxygen atoms in total. The van der Waals surface area contributed by atoms with Crippen LogP contribution in [0.2, 0.25) is 0 Å². The van der Waals surface area contributed by atoms with Crippen LogP contribution < -0.4 is 0 Å². The molecule has 2 saturated heterocycles. The molecule has 11 saturated carbocycles. The molecule has 0 aromatic carbocycles. The van der Waals surface area contributed by atoms with E-state index in [-0.39, 0.29) is 379 Å². The average molecular weight is 3290 g/mol.